The van der Waals surface area contributed by atoms with Gasteiger partial charge in [0.05, 0.1) is 12.2 Å². The summed E-state index contributed by atoms with van der Waals surface area (Å²) < 4.78 is 37.2. The lowest BCUT2D eigenvalue weighted by Gasteiger charge is -2.45. The molecule has 1 aromatic heterocycles. The number of hydrogen-bond acceptors (Lipinski definition) is 6. The second-order valence-electron chi connectivity index (χ2n) is 8.23. The van der Waals surface area contributed by atoms with Crippen LogP contribution in [0.15, 0.2) is 54.2 Å². The highest BCUT2D eigenvalue weighted by Crippen LogP contribution is 2.58. The van der Waals surface area contributed by atoms with Gasteiger partial charge >= 0.3 is 0 Å². The number of carbonyl (C=O) groups excluding carboxylic acids is 1. The van der Waals surface area contributed by atoms with E-state index in [0.717, 1.165) is 0 Å². The zero-order valence-corrected chi connectivity index (χ0v) is 17.9. The first-order chi connectivity index (χ1) is 15.8. The van der Waals surface area contributed by atoms with Crippen molar-refractivity contribution in [3.05, 3.63) is 71.8 Å². The number of aliphatic imine (C=N–C) groups is 1. The fourth-order valence-electron chi connectivity index (χ4n) is 4.43. The molecule has 7 nitrogen and oxygen atoms in total. The third-order valence-electron chi connectivity index (χ3n) is 6.16. The molecule has 0 radical (unpaired) electrons. The van der Waals surface area contributed by atoms with Crippen LogP contribution in [0.3, 0.4) is 0 Å². The van der Waals surface area contributed by atoms with Crippen molar-refractivity contribution in [2.45, 2.75) is 36.9 Å². The highest BCUT2D eigenvalue weighted by molar-refractivity contribution is 6.02. The second-order valence-corrected chi connectivity index (χ2v) is 8.23. The quantitative estimate of drug-likeness (QED) is 0.619. The van der Waals surface area contributed by atoms with E-state index in [9.17, 15) is 4.79 Å². The van der Waals surface area contributed by atoms with Gasteiger partial charge in [0.1, 0.15) is 28.8 Å². The van der Waals surface area contributed by atoms with Crippen molar-refractivity contribution in [3.8, 4) is 6.07 Å². The van der Waals surface area contributed by atoms with Crippen molar-refractivity contribution in [1.29, 1.82) is 5.26 Å². The van der Waals surface area contributed by atoms with Crippen LogP contribution in [0.1, 0.15) is 47.3 Å². The Morgan fingerprint density at radius 3 is 2.82 bits per heavy atom. The molecule has 1 aliphatic heterocycles. The Kier molecular flexibility index (Phi) is 5.85. The van der Waals surface area contributed by atoms with Crippen LogP contribution >= 0.6 is 0 Å². The van der Waals surface area contributed by atoms with Gasteiger partial charge in [0, 0.05) is 30.3 Å². The first-order valence-electron chi connectivity index (χ1n) is 10.6. The zero-order valence-electron chi connectivity index (χ0n) is 17.9. The van der Waals surface area contributed by atoms with E-state index in [4.69, 9.17) is 15.7 Å². The molecule has 2 heterocycles. The Balaban J connectivity index is 1.75. The summed E-state index contributed by atoms with van der Waals surface area (Å²) in [7, 11) is 0. The van der Waals surface area contributed by atoms with Crippen LogP contribution in [-0.2, 0) is 10.3 Å². The summed E-state index contributed by atoms with van der Waals surface area (Å²) in [5.41, 5.74) is 2.94. The molecule has 2 unspecified atom stereocenters. The molecule has 0 bridgehead atoms. The smallest absolute Gasteiger partial charge is 0.282 e. The Morgan fingerprint density at radius 1 is 1.42 bits per heavy atom. The molecule has 170 valence electrons. The van der Waals surface area contributed by atoms with Gasteiger partial charge in [-0.15, -0.1) is 6.58 Å². The van der Waals surface area contributed by atoms with Gasteiger partial charge in [-0.25, -0.2) is 18.8 Å². The number of anilines is 1. The largest absolute Gasteiger partial charge is 0.465 e. The molecular weight excluding hydrogens is 428 g/mol. The lowest BCUT2D eigenvalue weighted by molar-refractivity contribution is 0.00469. The third-order valence-corrected chi connectivity index (χ3v) is 6.16. The number of amidine groups is 1. The minimum absolute atomic E-state index is 0.00409. The van der Waals surface area contributed by atoms with Gasteiger partial charge in [-0.3, -0.25) is 4.79 Å². The fourth-order valence-corrected chi connectivity index (χ4v) is 4.43. The maximum Gasteiger partial charge on any atom is 0.282 e. The van der Waals surface area contributed by atoms with Crippen molar-refractivity contribution in [2.24, 2.45) is 16.6 Å². The topological polar surface area (TPSA) is 113 Å². The minimum Gasteiger partial charge on any atom is -0.465 e. The summed E-state index contributed by atoms with van der Waals surface area (Å²) >= 11 is 0. The third kappa shape index (κ3) is 4.04. The van der Waals surface area contributed by atoms with Crippen LogP contribution < -0.4 is 11.1 Å². The molecule has 0 saturated heterocycles. The first kappa shape index (κ1) is 22.4. The van der Waals surface area contributed by atoms with E-state index in [1.807, 2.05) is 6.07 Å². The number of benzene rings is 1. The second kappa shape index (κ2) is 8.62. The number of ether oxygens (including phenoxy) is 1. The molecule has 2 aliphatic rings. The summed E-state index contributed by atoms with van der Waals surface area (Å²) in [6.45, 7) is 3.77. The van der Waals surface area contributed by atoms with Crippen LogP contribution in [0.5, 0.6) is 0 Å². The number of nitrogens with one attached hydrogen (secondary N) is 1. The summed E-state index contributed by atoms with van der Waals surface area (Å²) in [5.74, 6) is -1.53. The van der Waals surface area contributed by atoms with Crippen LogP contribution in [0.2, 0.25) is 0 Å². The number of rotatable bonds is 7. The first-order valence-corrected chi connectivity index (χ1v) is 10.6. The molecule has 1 saturated carbocycles. The summed E-state index contributed by atoms with van der Waals surface area (Å²) in [6.07, 6.45) is 4.12. The summed E-state index contributed by atoms with van der Waals surface area (Å²) in [5, 5.41) is 11.5. The van der Waals surface area contributed by atoms with E-state index in [-0.39, 0.29) is 48.3 Å². The molecule has 0 spiro atoms. The SMILES string of the molecule is C=CCC(F)(C1CC1)C1(c2cc(NC(=O)c3ccc(C#N)cn3)ccc2F)CCOC(N)=N1. The maximum atomic E-state index is 16.7. The maximum absolute atomic E-state index is 16.7. The lowest BCUT2D eigenvalue weighted by Crippen LogP contribution is -2.53. The molecule has 33 heavy (non-hydrogen) atoms. The van der Waals surface area contributed by atoms with E-state index < -0.39 is 22.9 Å². The van der Waals surface area contributed by atoms with E-state index in [1.54, 1.807) is 0 Å². The number of alkyl halides is 1. The fraction of sp³-hybridized carbons (Fsp3) is 0.333. The Hall–Kier alpha value is -3.80. The number of hydrogen-bond donors (Lipinski definition) is 2. The highest BCUT2D eigenvalue weighted by Gasteiger charge is 2.62. The van der Waals surface area contributed by atoms with Gasteiger partial charge < -0.3 is 15.8 Å². The molecule has 9 heteroatoms. The predicted octanol–water partition coefficient (Wildman–Crippen LogP) is 3.97. The van der Waals surface area contributed by atoms with Gasteiger partial charge in [-0.1, -0.05) is 6.08 Å². The molecule has 2 atom stereocenters. The van der Waals surface area contributed by atoms with Gasteiger partial charge in [0.25, 0.3) is 11.9 Å². The van der Waals surface area contributed by atoms with E-state index in [2.05, 4.69) is 21.9 Å². The average Bonchev–Trinajstić information content (AvgIpc) is 3.66. The molecule has 1 fully saturated rings. The molecule has 4 rings (SSSR count). The van der Waals surface area contributed by atoms with Gasteiger partial charge in [-0.05, 0) is 49.1 Å². The Bertz CT molecular complexity index is 1160. The number of nitrogens with zero attached hydrogens (tertiary/aromatic N) is 3. The number of nitriles is 1. The zero-order chi connectivity index (χ0) is 23.6. The Labute approximate surface area is 190 Å². The lowest BCUT2D eigenvalue weighted by atomic mass is 9.69. The summed E-state index contributed by atoms with van der Waals surface area (Å²) in [6, 6.07) is 8.54. The van der Waals surface area contributed by atoms with Crippen molar-refractivity contribution in [1.82, 2.24) is 4.98 Å². The molecule has 1 aliphatic carbocycles. The van der Waals surface area contributed by atoms with E-state index in [0.29, 0.717) is 18.4 Å². The number of aromatic nitrogens is 1. The van der Waals surface area contributed by atoms with E-state index >= 15 is 8.78 Å². The molecule has 1 aromatic carbocycles. The van der Waals surface area contributed by atoms with Crippen LogP contribution in [0.25, 0.3) is 0 Å². The van der Waals surface area contributed by atoms with Crippen LogP contribution in [0, 0.1) is 23.1 Å². The number of carbonyl (C=O) groups is 1. The minimum atomic E-state index is -1.92. The number of amides is 1. The van der Waals surface area contributed by atoms with Crippen molar-refractivity contribution in [3.63, 3.8) is 0 Å². The van der Waals surface area contributed by atoms with Crippen LogP contribution in [0.4, 0.5) is 14.5 Å². The number of nitrogens with two attached hydrogens (primary N) is 1. The van der Waals surface area contributed by atoms with Crippen molar-refractivity contribution >= 4 is 17.6 Å². The van der Waals surface area contributed by atoms with Gasteiger partial charge in [-0.2, -0.15) is 5.26 Å². The Morgan fingerprint density at radius 2 is 2.21 bits per heavy atom. The van der Waals surface area contributed by atoms with Crippen molar-refractivity contribution < 1.29 is 18.3 Å². The van der Waals surface area contributed by atoms with Crippen LogP contribution in [-0.4, -0.2) is 29.2 Å². The predicted molar refractivity (Wildman–Crippen MR) is 119 cm³/mol. The van der Waals surface area contributed by atoms with Crippen molar-refractivity contribution in [2.75, 3.05) is 11.9 Å². The van der Waals surface area contributed by atoms with E-state index in [1.165, 1.54) is 42.6 Å². The summed E-state index contributed by atoms with van der Waals surface area (Å²) in [4.78, 5) is 20.9. The van der Waals surface area contributed by atoms with Gasteiger partial charge in [0.2, 0.25) is 0 Å². The standard InChI is InChI=1S/C24H23F2N5O2/c1-2-9-23(26,16-4-5-16)24(10-11-33-22(28)31-24)18-12-17(6-7-19(18)25)30-21(32)20-8-3-15(13-27)14-29-20/h2-3,6-8,12,14,16H,1,4-5,9-11H2,(H2,28,31)(H,30,32). The van der Waals surface area contributed by atoms with Gasteiger partial charge in [0.15, 0.2) is 0 Å². The molecule has 2 aromatic rings. The number of pyridine rings is 1. The normalized spacial score (nSPS) is 21.7. The number of halogens is 2. The highest BCUT2D eigenvalue weighted by atomic mass is 19.1. The number of allylic oxidation sites excluding steroid dienone is 1. The monoisotopic (exact) mass is 451 g/mol. The molecular formula is C24H23F2N5O2. The molecule has 1 amide bonds. The molecule has 3 N–H and O–H groups in total. The average molecular weight is 451 g/mol.